The summed E-state index contributed by atoms with van der Waals surface area (Å²) < 4.78 is 5.44. The summed E-state index contributed by atoms with van der Waals surface area (Å²) in [6, 6.07) is 9.70. The molecule has 3 heterocycles. The molecule has 0 spiro atoms. The molecule has 0 aliphatic heterocycles. The van der Waals surface area contributed by atoms with Gasteiger partial charge < -0.3 is 15.1 Å². The number of nitrogens with zero attached hydrogens (tertiary/aromatic N) is 3. The Balaban J connectivity index is 1.77. The molecule has 0 radical (unpaired) electrons. The molecule has 3 aromatic heterocycles. The van der Waals surface area contributed by atoms with Crippen molar-refractivity contribution < 1.29 is 4.42 Å². The first-order valence-corrected chi connectivity index (χ1v) is 7.47. The van der Waals surface area contributed by atoms with Crippen LogP contribution >= 0.6 is 11.3 Å². The van der Waals surface area contributed by atoms with Crippen molar-refractivity contribution in [3.63, 3.8) is 0 Å². The van der Waals surface area contributed by atoms with E-state index in [1.807, 2.05) is 43.6 Å². The van der Waals surface area contributed by atoms with E-state index < -0.39 is 0 Å². The molecule has 0 saturated heterocycles. The number of hydrogen-bond acceptors (Lipinski definition) is 6. The number of nitrogen functional groups attached to an aromatic ring is 1. The van der Waals surface area contributed by atoms with Gasteiger partial charge in [-0.15, -0.1) is 0 Å². The van der Waals surface area contributed by atoms with E-state index in [0.29, 0.717) is 5.13 Å². The third kappa shape index (κ3) is 3.05. The number of pyridine rings is 1. The Bertz CT molecular complexity index is 694. The first-order valence-electron chi connectivity index (χ1n) is 6.65. The molecule has 108 valence electrons. The van der Waals surface area contributed by atoms with E-state index in [1.165, 1.54) is 11.3 Å². The molecule has 0 bridgehead atoms. The van der Waals surface area contributed by atoms with Gasteiger partial charge in [0.25, 0.3) is 0 Å². The third-order valence-corrected chi connectivity index (χ3v) is 4.16. The smallest absolute Gasteiger partial charge is 0.182 e. The van der Waals surface area contributed by atoms with Crippen LogP contribution in [0, 0.1) is 0 Å². The van der Waals surface area contributed by atoms with Gasteiger partial charge >= 0.3 is 0 Å². The van der Waals surface area contributed by atoms with E-state index in [2.05, 4.69) is 14.9 Å². The fraction of sp³-hybridized carbons (Fsp3) is 0.200. The fourth-order valence-corrected chi connectivity index (χ4v) is 2.92. The molecule has 6 heteroatoms. The van der Waals surface area contributed by atoms with E-state index in [4.69, 9.17) is 10.2 Å². The van der Waals surface area contributed by atoms with Gasteiger partial charge in [-0.1, -0.05) is 17.4 Å². The summed E-state index contributed by atoms with van der Waals surface area (Å²) in [6.07, 6.45) is 4.32. The zero-order valence-electron chi connectivity index (χ0n) is 11.7. The van der Waals surface area contributed by atoms with Crippen LogP contribution in [0.5, 0.6) is 0 Å². The van der Waals surface area contributed by atoms with E-state index in [0.717, 1.165) is 35.1 Å². The summed E-state index contributed by atoms with van der Waals surface area (Å²) in [5, 5.41) is 1.56. The zero-order chi connectivity index (χ0) is 14.7. The molecule has 3 aromatic rings. The molecule has 0 saturated carbocycles. The Labute approximate surface area is 127 Å². The predicted molar refractivity (Wildman–Crippen MR) is 85.4 cm³/mol. The Kier molecular flexibility index (Phi) is 3.87. The van der Waals surface area contributed by atoms with Gasteiger partial charge in [0.05, 0.1) is 6.26 Å². The number of likely N-dealkylation sites (N-methyl/N-ethyl adjacent to an activating group) is 1. The average molecular weight is 300 g/mol. The number of aromatic nitrogens is 2. The first kappa shape index (κ1) is 13.6. The molecule has 5 nitrogen and oxygen atoms in total. The lowest BCUT2D eigenvalue weighted by atomic mass is 10.2. The molecule has 21 heavy (non-hydrogen) atoms. The second kappa shape index (κ2) is 5.97. The largest absolute Gasteiger partial charge is 0.463 e. The van der Waals surface area contributed by atoms with Gasteiger partial charge in [0.15, 0.2) is 10.9 Å². The molecule has 0 amide bonds. The lowest BCUT2D eigenvalue weighted by molar-refractivity contribution is 0.580. The summed E-state index contributed by atoms with van der Waals surface area (Å²) in [5.41, 5.74) is 7.73. The first-order chi connectivity index (χ1) is 10.2. The lowest BCUT2D eigenvalue weighted by Crippen LogP contribution is -2.20. The predicted octanol–water partition coefficient (Wildman–Crippen LogP) is 3.06. The number of furan rings is 1. The van der Waals surface area contributed by atoms with Crippen molar-refractivity contribution in [2.75, 3.05) is 24.2 Å². The summed E-state index contributed by atoms with van der Waals surface area (Å²) in [5.74, 6) is 0.739. The summed E-state index contributed by atoms with van der Waals surface area (Å²) >= 11 is 1.47. The third-order valence-electron chi connectivity index (χ3n) is 3.16. The molecule has 0 atom stereocenters. The molecular weight excluding hydrogens is 284 g/mol. The van der Waals surface area contributed by atoms with Crippen LogP contribution in [-0.4, -0.2) is 23.6 Å². The Morgan fingerprint density at radius 2 is 2.19 bits per heavy atom. The van der Waals surface area contributed by atoms with Crippen LogP contribution in [0.4, 0.5) is 10.1 Å². The van der Waals surface area contributed by atoms with Crippen molar-refractivity contribution >= 4 is 21.5 Å². The maximum atomic E-state index is 5.86. The molecule has 0 aliphatic carbocycles. The van der Waals surface area contributed by atoms with Gasteiger partial charge in [-0.05, 0) is 24.3 Å². The van der Waals surface area contributed by atoms with Gasteiger partial charge in [-0.25, -0.2) is 4.98 Å². The number of thiazole rings is 1. The minimum absolute atomic E-state index is 0.543. The monoisotopic (exact) mass is 300 g/mol. The molecular formula is C15H16N4OS. The standard InChI is InChI=1S/C15H16N4OS/c1-19(9-7-11-5-2-3-8-17-11)14-13(18-15(16)21-14)12-6-4-10-20-12/h2-6,8,10H,7,9H2,1H3,(H2,16,18). The van der Waals surface area contributed by atoms with Crippen LogP contribution in [0.2, 0.25) is 0 Å². The van der Waals surface area contributed by atoms with Gasteiger partial charge in [0.2, 0.25) is 0 Å². The SMILES string of the molecule is CN(CCc1ccccn1)c1sc(N)nc1-c1ccco1. The molecule has 0 fully saturated rings. The number of nitrogens with two attached hydrogens (primary N) is 1. The Morgan fingerprint density at radius 3 is 2.90 bits per heavy atom. The van der Waals surface area contributed by atoms with Crippen molar-refractivity contribution in [1.29, 1.82) is 0 Å². The van der Waals surface area contributed by atoms with Crippen LogP contribution in [0.1, 0.15) is 5.69 Å². The van der Waals surface area contributed by atoms with Gasteiger partial charge in [-0.2, -0.15) is 0 Å². The quantitative estimate of drug-likeness (QED) is 0.784. The van der Waals surface area contributed by atoms with Gasteiger partial charge in [0.1, 0.15) is 10.7 Å². The molecule has 3 rings (SSSR count). The highest BCUT2D eigenvalue weighted by molar-refractivity contribution is 7.19. The second-order valence-corrected chi connectivity index (χ2v) is 5.68. The van der Waals surface area contributed by atoms with Crippen molar-refractivity contribution in [2.24, 2.45) is 0 Å². The van der Waals surface area contributed by atoms with Gasteiger partial charge in [-0.3, -0.25) is 4.98 Å². The number of hydrogen-bond donors (Lipinski definition) is 1. The average Bonchev–Trinajstić information content (AvgIpc) is 3.14. The number of rotatable bonds is 5. The minimum Gasteiger partial charge on any atom is -0.463 e. The molecule has 2 N–H and O–H groups in total. The number of anilines is 2. The van der Waals surface area contributed by atoms with E-state index >= 15 is 0 Å². The van der Waals surface area contributed by atoms with Crippen LogP contribution in [0.15, 0.2) is 47.2 Å². The minimum atomic E-state index is 0.543. The molecule has 0 aliphatic rings. The maximum absolute atomic E-state index is 5.86. The lowest BCUT2D eigenvalue weighted by Gasteiger charge is -2.17. The molecule has 0 unspecified atom stereocenters. The summed E-state index contributed by atoms with van der Waals surface area (Å²) in [7, 11) is 2.03. The maximum Gasteiger partial charge on any atom is 0.182 e. The summed E-state index contributed by atoms with van der Waals surface area (Å²) in [6.45, 7) is 0.840. The van der Waals surface area contributed by atoms with Crippen LogP contribution < -0.4 is 10.6 Å². The summed E-state index contributed by atoms with van der Waals surface area (Å²) in [4.78, 5) is 10.9. The highest BCUT2D eigenvalue weighted by Crippen LogP contribution is 2.36. The second-order valence-electron chi connectivity index (χ2n) is 4.68. The van der Waals surface area contributed by atoms with Crippen molar-refractivity contribution in [2.45, 2.75) is 6.42 Å². The van der Waals surface area contributed by atoms with Crippen LogP contribution in [-0.2, 0) is 6.42 Å². The Morgan fingerprint density at radius 1 is 1.29 bits per heavy atom. The topological polar surface area (TPSA) is 68.2 Å². The highest BCUT2D eigenvalue weighted by atomic mass is 32.1. The molecule has 0 aromatic carbocycles. The van der Waals surface area contributed by atoms with Crippen molar-refractivity contribution in [3.05, 3.63) is 48.5 Å². The van der Waals surface area contributed by atoms with E-state index in [9.17, 15) is 0 Å². The van der Waals surface area contributed by atoms with Crippen LogP contribution in [0.3, 0.4) is 0 Å². The van der Waals surface area contributed by atoms with E-state index in [1.54, 1.807) is 6.26 Å². The van der Waals surface area contributed by atoms with Crippen molar-refractivity contribution in [3.8, 4) is 11.5 Å². The van der Waals surface area contributed by atoms with Gasteiger partial charge in [0, 0.05) is 31.9 Å². The zero-order valence-corrected chi connectivity index (χ0v) is 12.5. The fourth-order valence-electron chi connectivity index (χ4n) is 2.09. The normalized spacial score (nSPS) is 10.7. The van der Waals surface area contributed by atoms with Crippen molar-refractivity contribution in [1.82, 2.24) is 9.97 Å². The highest BCUT2D eigenvalue weighted by Gasteiger charge is 2.17. The van der Waals surface area contributed by atoms with E-state index in [-0.39, 0.29) is 0 Å². The Hall–Kier alpha value is -2.34. The van der Waals surface area contributed by atoms with Crippen LogP contribution in [0.25, 0.3) is 11.5 Å².